The predicted octanol–water partition coefficient (Wildman–Crippen LogP) is 1.70. The third-order valence-corrected chi connectivity index (χ3v) is 2.44. The average Bonchev–Trinajstić information content (AvgIpc) is 2.36. The van der Waals surface area contributed by atoms with Gasteiger partial charge in [-0.2, -0.15) is 0 Å². The van der Waals surface area contributed by atoms with Gasteiger partial charge in [-0.3, -0.25) is 4.79 Å². The van der Waals surface area contributed by atoms with Gasteiger partial charge in [-0.25, -0.2) is 0 Å². The number of benzene rings is 1. The minimum Gasteiger partial charge on any atom is -0.494 e. The molecule has 0 heterocycles. The average molecular weight is 250 g/mol. The van der Waals surface area contributed by atoms with E-state index in [4.69, 9.17) is 4.74 Å². The van der Waals surface area contributed by atoms with Gasteiger partial charge in [-0.1, -0.05) is 12.1 Å². The van der Waals surface area contributed by atoms with Gasteiger partial charge in [0.05, 0.1) is 6.61 Å². The highest BCUT2D eigenvalue weighted by Gasteiger charge is 1.99. The van der Waals surface area contributed by atoms with Gasteiger partial charge in [0.1, 0.15) is 5.75 Å². The third kappa shape index (κ3) is 5.68. The van der Waals surface area contributed by atoms with E-state index < -0.39 is 0 Å². The lowest BCUT2D eigenvalue weighted by Crippen LogP contribution is -2.27. The number of carbonyl (C=O) groups is 1. The number of nitrogens with one attached hydrogen (secondary N) is 2. The van der Waals surface area contributed by atoms with Gasteiger partial charge in [-0.05, 0) is 31.5 Å². The van der Waals surface area contributed by atoms with Crippen LogP contribution in [-0.4, -0.2) is 25.6 Å². The summed E-state index contributed by atoms with van der Waals surface area (Å²) in [5.74, 6) is 0.980. The lowest BCUT2D eigenvalue weighted by molar-refractivity contribution is -0.120. The minimum absolute atomic E-state index is 0.0908. The Balaban J connectivity index is 2.26. The molecule has 0 radical (unpaired) electrons. The van der Waals surface area contributed by atoms with Crippen LogP contribution in [0.15, 0.2) is 24.3 Å². The molecule has 1 rings (SSSR count). The molecule has 0 atom stereocenters. The van der Waals surface area contributed by atoms with Gasteiger partial charge in [0, 0.05) is 26.1 Å². The van der Waals surface area contributed by atoms with E-state index in [1.807, 2.05) is 38.1 Å². The summed E-state index contributed by atoms with van der Waals surface area (Å²) in [6, 6.07) is 7.98. The van der Waals surface area contributed by atoms with Crippen LogP contribution in [0.25, 0.3) is 0 Å². The normalized spacial score (nSPS) is 10.1. The molecule has 0 bridgehead atoms. The van der Waals surface area contributed by atoms with Crippen LogP contribution in [0.4, 0.5) is 0 Å². The van der Waals surface area contributed by atoms with Crippen molar-refractivity contribution in [2.24, 2.45) is 0 Å². The molecule has 1 aromatic rings. The fourth-order valence-electron chi connectivity index (χ4n) is 1.63. The Morgan fingerprint density at radius 1 is 1.33 bits per heavy atom. The third-order valence-electron chi connectivity index (χ3n) is 2.44. The topological polar surface area (TPSA) is 50.4 Å². The molecule has 0 saturated heterocycles. The van der Waals surface area contributed by atoms with E-state index in [1.54, 1.807) is 0 Å². The van der Waals surface area contributed by atoms with Crippen molar-refractivity contribution in [2.45, 2.75) is 26.8 Å². The van der Waals surface area contributed by atoms with Crippen LogP contribution in [0.2, 0.25) is 0 Å². The zero-order valence-corrected chi connectivity index (χ0v) is 11.2. The number of hydrogen-bond acceptors (Lipinski definition) is 3. The van der Waals surface area contributed by atoms with Gasteiger partial charge < -0.3 is 15.4 Å². The van der Waals surface area contributed by atoms with Gasteiger partial charge in [0.2, 0.25) is 5.91 Å². The summed E-state index contributed by atoms with van der Waals surface area (Å²) >= 11 is 0. The smallest absolute Gasteiger partial charge is 0.221 e. The first-order chi connectivity index (χ1) is 8.76. The maximum absolute atomic E-state index is 11.2. The molecular weight excluding hydrogens is 228 g/mol. The van der Waals surface area contributed by atoms with Crippen molar-refractivity contribution in [1.82, 2.24) is 10.6 Å². The zero-order valence-electron chi connectivity index (χ0n) is 11.2. The van der Waals surface area contributed by atoms with E-state index >= 15 is 0 Å². The highest BCUT2D eigenvalue weighted by Crippen LogP contribution is 2.12. The van der Waals surface area contributed by atoms with Crippen molar-refractivity contribution in [3.63, 3.8) is 0 Å². The van der Waals surface area contributed by atoms with Crippen molar-refractivity contribution in [3.05, 3.63) is 29.8 Å². The van der Waals surface area contributed by atoms with Crippen molar-refractivity contribution in [3.8, 4) is 5.75 Å². The summed E-state index contributed by atoms with van der Waals surface area (Å²) < 4.78 is 5.43. The minimum atomic E-state index is 0.0908. The number of carbonyl (C=O) groups excluding carboxylic acids is 1. The number of hydrogen-bond donors (Lipinski definition) is 2. The molecule has 0 saturated carbocycles. The van der Waals surface area contributed by atoms with E-state index in [-0.39, 0.29) is 5.91 Å². The van der Waals surface area contributed by atoms with Crippen LogP contribution >= 0.6 is 0 Å². The van der Waals surface area contributed by atoms with Gasteiger partial charge in [0.25, 0.3) is 0 Å². The number of amides is 1. The monoisotopic (exact) mass is 250 g/mol. The maximum atomic E-state index is 11.2. The van der Waals surface area contributed by atoms with Crippen LogP contribution < -0.4 is 15.4 Å². The van der Waals surface area contributed by atoms with Crippen LogP contribution in [0, 0.1) is 0 Å². The fraction of sp³-hybridized carbons (Fsp3) is 0.500. The lowest BCUT2D eigenvalue weighted by atomic mass is 10.2. The summed E-state index contributed by atoms with van der Waals surface area (Å²) in [7, 11) is 0. The van der Waals surface area contributed by atoms with E-state index in [0.29, 0.717) is 26.1 Å². The standard InChI is InChI=1S/C14H22N2O2/c1-3-16-14(17)8-9-15-11-12-6-5-7-13(10-12)18-4-2/h5-7,10,15H,3-4,8-9,11H2,1-2H3,(H,16,17). The molecule has 4 heteroatoms. The molecule has 0 aromatic heterocycles. The SMILES string of the molecule is CCNC(=O)CCNCc1cccc(OCC)c1. The first kappa shape index (κ1) is 14.5. The largest absolute Gasteiger partial charge is 0.494 e. The quantitative estimate of drug-likeness (QED) is 0.690. The van der Waals surface area contributed by atoms with E-state index in [1.165, 1.54) is 0 Å². The molecular formula is C14H22N2O2. The molecule has 0 spiro atoms. The fourth-order valence-corrected chi connectivity index (χ4v) is 1.63. The van der Waals surface area contributed by atoms with Crippen molar-refractivity contribution < 1.29 is 9.53 Å². The van der Waals surface area contributed by atoms with Crippen LogP contribution in [-0.2, 0) is 11.3 Å². The zero-order chi connectivity index (χ0) is 13.2. The van der Waals surface area contributed by atoms with Crippen molar-refractivity contribution in [1.29, 1.82) is 0 Å². The summed E-state index contributed by atoms with van der Waals surface area (Å²) in [5, 5.41) is 6.02. The van der Waals surface area contributed by atoms with Gasteiger partial charge in [-0.15, -0.1) is 0 Å². The van der Waals surface area contributed by atoms with Crippen LogP contribution in [0.5, 0.6) is 5.75 Å². The second-order valence-corrected chi connectivity index (χ2v) is 3.96. The molecule has 1 amide bonds. The second kappa shape index (κ2) is 8.53. The number of ether oxygens (including phenoxy) is 1. The molecule has 1 aromatic carbocycles. The highest BCUT2D eigenvalue weighted by molar-refractivity contribution is 5.75. The number of rotatable bonds is 8. The molecule has 2 N–H and O–H groups in total. The maximum Gasteiger partial charge on any atom is 0.221 e. The second-order valence-electron chi connectivity index (χ2n) is 3.96. The molecule has 0 aliphatic carbocycles. The first-order valence-electron chi connectivity index (χ1n) is 6.45. The first-order valence-corrected chi connectivity index (χ1v) is 6.45. The van der Waals surface area contributed by atoms with E-state index in [0.717, 1.165) is 17.9 Å². The van der Waals surface area contributed by atoms with Gasteiger partial charge in [0.15, 0.2) is 0 Å². The Hall–Kier alpha value is -1.55. The molecule has 4 nitrogen and oxygen atoms in total. The predicted molar refractivity (Wildman–Crippen MR) is 72.6 cm³/mol. The van der Waals surface area contributed by atoms with Crippen LogP contribution in [0.3, 0.4) is 0 Å². The summed E-state index contributed by atoms with van der Waals surface area (Å²) in [5.41, 5.74) is 1.16. The Morgan fingerprint density at radius 3 is 2.89 bits per heavy atom. The van der Waals surface area contributed by atoms with Crippen LogP contribution in [0.1, 0.15) is 25.8 Å². The Labute approximate surface area is 109 Å². The summed E-state index contributed by atoms with van der Waals surface area (Å²) in [4.78, 5) is 11.2. The molecule has 18 heavy (non-hydrogen) atoms. The van der Waals surface area contributed by atoms with Gasteiger partial charge >= 0.3 is 0 Å². The highest BCUT2D eigenvalue weighted by atomic mass is 16.5. The van der Waals surface area contributed by atoms with E-state index in [9.17, 15) is 4.79 Å². The molecule has 0 aliphatic rings. The van der Waals surface area contributed by atoms with Crippen molar-refractivity contribution >= 4 is 5.91 Å². The molecule has 0 aliphatic heterocycles. The molecule has 0 unspecified atom stereocenters. The Morgan fingerprint density at radius 2 is 2.17 bits per heavy atom. The Kier molecular flexibility index (Phi) is 6.87. The molecule has 100 valence electrons. The molecule has 0 fully saturated rings. The summed E-state index contributed by atoms with van der Waals surface area (Å²) in [6.45, 7) is 6.69. The van der Waals surface area contributed by atoms with Crippen molar-refractivity contribution in [2.75, 3.05) is 19.7 Å². The Bertz CT molecular complexity index is 367. The summed E-state index contributed by atoms with van der Waals surface area (Å²) in [6.07, 6.45) is 0.513. The lowest BCUT2D eigenvalue weighted by Gasteiger charge is -2.07. The van der Waals surface area contributed by atoms with E-state index in [2.05, 4.69) is 10.6 Å².